The van der Waals surface area contributed by atoms with Crippen LogP contribution in [0.1, 0.15) is 0 Å². The average molecular weight is 446 g/mol. The number of rotatable bonds is 1. The van der Waals surface area contributed by atoms with Gasteiger partial charge in [0.15, 0.2) is 0 Å². The van der Waals surface area contributed by atoms with Crippen LogP contribution < -0.4 is 0 Å². The Morgan fingerprint density at radius 3 is 2.07 bits per heavy atom. The van der Waals surface area contributed by atoms with E-state index in [1.807, 2.05) is 0 Å². The van der Waals surface area contributed by atoms with Crippen molar-refractivity contribution in [1.29, 1.82) is 0 Å². The second kappa shape index (κ2) is 5.84. The zero-order valence-electron chi connectivity index (χ0n) is 16.1. The van der Waals surface area contributed by atoms with Gasteiger partial charge in [-0.15, -0.1) is 0 Å². The number of benzene rings is 5. The Balaban J connectivity index is 1.77. The molecule has 0 N–H and O–H groups in total. The van der Waals surface area contributed by atoms with Crippen LogP contribution in [0, 0.1) is 0 Å². The van der Waals surface area contributed by atoms with Crippen molar-refractivity contribution in [3.8, 4) is 27.9 Å². The fourth-order valence-electron chi connectivity index (χ4n) is 5.21. The molecular weight excluding hydrogens is 430 g/mol. The van der Waals surface area contributed by atoms with Gasteiger partial charge in [-0.2, -0.15) is 0 Å². The van der Waals surface area contributed by atoms with Crippen LogP contribution in [0.25, 0.3) is 60.5 Å². The summed E-state index contributed by atoms with van der Waals surface area (Å²) in [5.74, 6) is 0. The lowest BCUT2D eigenvalue weighted by atomic mass is 9.98. The highest BCUT2D eigenvalue weighted by Crippen LogP contribution is 2.51. The molecule has 0 amide bonds. The molecule has 140 valence electrons. The van der Waals surface area contributed by atoms with Gasteiger partial charge in [-0.25, -0.2) is 0 Å². The van der Waals surface area contributed by atoms with E-state index in [9.17, 15) is 0 Å². The lowest BCUT2D eigenvalue weighted by Crippen LogP contribution is -1.93. The standard InChI is InChI=1S/C28H16BrN/c29-17-13-14-25-24(15-17)28-22-12-6-11-21-19-9-4-5-10-20(19)23(27(21)22)16-26(28)30(25)18-7-2-1-3-8-18/h1-16H. The molecule has 2 heteroatoms. The molecule has 0 bridgehead atoms. The monoisotopic (exact) mass is 445 g/mol. The summed E-state index contributed by atoms with van der Waals surface area (Å²) in [7, 11) is 0. The third-order valence-electron chi connectivity index (χ3n) is 6.37. The molecule has 0 saturated heterocycles. The van der Waals surface area contributed by atoms with Gasteiger partial charge < -0.3 is 4.57 Å². The summed E-state index contributed by atoms with van der Waals surface area (Å²) in [6.45, 7) is 0. The van der Waals surface area contributed by atoms with Crippen LogP contribution in [-0.2, 0) is 0 Å². The first-order chi connectivity index (χ1) is 14.8. The summed E-state index contributed by atoms with van der Waals surface area (Å²) >= 11 is 3.70. The maximum atomic E-state index is 3.70. The number of para-hydroxylation sites is 1. The summed E-state index contributed by atoms with van der Waals surface area (Å²) in [5, 5.41) is 5.30. The number of halogens is 1. The Bertz CT molecular complexity index is 1640. The highest BCUT2D eigenvalue weighted by molar-refractivity contribution is 9.10. The number of aromatic nitrogens is 1. The smallest absolute Gasteiger partial charge is 0.0553 e. The normalized spacial score (nSPS) is 12.2. The van der Waals surface area contributed by atoms with Gasteiger partial charge in [0.05, 0.1) is 11.0 Å². The van der Waals surface area contributed by atoms with Gasteiger partial charge in [-0.3, -0.25) is 0 Å². The highest BCUT2D eigenvalue weighted by Gasteiger charge is 2.25. The molecule has 1 aliphatic rings. The van der Waals surface area contributed by atoms with Crippen molar-refractivity contribution in [3.63, 3.8) is 0 Å². The van der Waals surface area contributed by atoms with Gasteiger partial charge in [-0.05, 0) is 69.4 Å². The van der Waals surface area contributed by atoms with Crippen LogP contribution in [0.15, 0.2) is 102 Å². The zero-order valence-corrected chi connectivity index (χ0v) is 17.6. The predicted octanol–water partition coefficient (Wildman–Crippen LogP) is 8.35. The van der Waals surface area contributed by atoms with E-state index in [0.29, 0.717) is 0 Å². The van der Waals surface area contributed by atoms with Gasteiger partial charge in [0, 0.05) is 20.9 Å². The predicted molar refractivity (Wildman–Crippen MR) is 130 cm³/mol. The maximum Gasteiger partial charge on any atom is 0.0553 e. The van der Waals surface area contributed by atoms with E-state index in [0.717, 1.165) is 4.47 Å². The van der Waals surface area contributed by atoms with E-state index in [2.05, 4.69) is 118 Å². The second-order valence-electron chi connectivity index (χ2n) is 7.92. The third-order valence-corrected chi connectivity index (χ3v) is 6.87. The molecule has 30 heavy (non-hydrogen) atoms. The largest absolute Gasteiger partial charge is 0.309 e. The minimum absolute atomic E-state index is 1.11. The highest BCUT2D eigenvalue weighted by atomic mass is 79.9. The van der Waals surface area contributed by atoms with Crippen LogP contribution in [0.2, 0.25) is 0 Å². The maximum absolute atomic E-state index is 3.70. The van der Waals surface area contributed by atoms with Gasteiger partial charge >= 0.3 is 0 Å². The van der Waals surface area contributed by atoms with E-state index in [-0.39, 0.29) is 0 Å². The molecule has 0 radical (unpaired) electrons. The first-order valence-corrected chi connectivity index (χ1v) is 11.0. The summed E-state index contributed by atoms with van der Waals surface area (Å²) in [5.41, 5.74) is 9.02. The van der Waals surface area contributed by atoms with Crippen molar-refractivity contribution in [2.75, 3.05) is 0 Å². The number of hydrogen-bond donors (Lipinski definition) is 0. The van der Waals surface area contributed by atoms with E-state index < -0.39 is 0 Å². The Morgan fingerprint density at radius 1 is 0.500 bits per heavy atom. The van der Waals surface area contributed by atoms with Gasteiger partial charge in [-0.1, -0.05) is 76.6 Å². The fraction of sp³-hybridized carbons (Fsp3) is 0. The summed E-state index contributed by atoms with van der Waals surface area (Å²) in [6, 6.07) is 35.2. The molecule has 0 atom stereocenters. The van der Waals surface area contributed by atoms with E-state index in [1.54, 1.807) is 0 Å². The molecule has 1 heterocycles. The molecule has 0 aliphatic heterocycles. The quantitative estimate of drug-likeness (QED) is 0.239. The van der Waals surface area contributed by atoms with Gasteiger partial charge in [0.1, 0.15) is 0 Å². The van der Waals surface area contributed by atoms with Crippen LogP contribution in [-0.4, -0.2) is 4.57 Å². The number of fused-ring (bicyclic) bond motifs is 7. The average Bonchev–Trinajstić information content (AvgIpc) is 3.29. The first kappa shape index (κ1) is 16.4. The first-order valence-electron chi connectivity index (χ1n) is 10.2. The van der Waals surface area contributed by atoms with Gasteiger partial charge in [0.25, 0.3) is 0 Å². The minimum Gasteiger partial charge on any atom is -0.309 e. The molecule has 5 aromatic carbocycles. The topological polar surface area (TPSA) is 4.93 Å². The van der Waals surface area contributed by atoms with Crippen molar-refractivity contribution in [3.05, 3.63) is 102 Å². The number of nitrogens with zero attached hydrogens (tertiary/aromatic N) is 1. The SMILES string of the molecule is Brc1ccc2c(c1)c1c3cccc4c3c(cc1n2-c1ccccc1)-c1ccccc1-4. The Morgan fingerprint density at radius 2 is 1.23 bits per heavy atom. The molecule has 0 saturated carbocycles. The molecule has 0 spiro atoms. The van der Waals surface area contributed by atoms with E-state index in [4.69, 9.17) is 0 Å². The lowest BCUT2D eigenvalue weighted by Gasteiger charge is -2.10. The molecule has 1 aliphatic carbocycles. The molecule has 7 rings (SSSR count). The van der Waals surface area contributed by atoms with Crippen molar-refractivity contribution >= 4 is 48.5 Å². The summed E-state index contributed by atoms with van der Waals surface area (Å²) < 4.78 is 3.51. The summed E-state index contributed by atoms with van der Waals surface area (Å²) in [4.78, 5) is 0. The van der Waals surface area contributed by atoms with Gasteiger partial charge in [0.2, 0.25) is 0 Å². The van der Waals surface area contributed by atoms with E-state index in [1.165, 1.54) is 60.5 Å². The summed E-state index contributed by atoms with van der Waals surface area (Å²) in [6.07, 6.45) is 0. The van der Waals surface area contributed by atoms with E-state index >= 15 is 0 Å². The van der Waals surface area contributed by atoms with Crippen molar-refractivity contribution in [2.45, 2.75) is 0 Å². The Hall–Kier alpha value is -3.36. The Kier molecular flexibility index (Phi) is 3.20. The van der Waals surface area contributed by atoms with Crippen LogP contribution in [0.3, 0.4) is 0 Å². The molecule has 1 nitrogen and oxygen atoms in total. The zero-order chi connectivity index (χ0) is 19.8. The minimum atomic E-state index is 1.11. The molecule has 6 aromatic rings. The second-order valence-corrected chi connectivity index (χ2v) is 8.84. The van der Waals surface area contributed by atoms with Crippen molar-refractivity contribution in [2.24, 2.45) is 0 Å². The molecule has 1 aromatic heterocycles. The lowest BCUT2D eigenvalue weighted by molar-refractivity contribution is 1.18. The molecular formula is C28H16BrN. The van der Waals surface area contributed by atoms with Crippen molar-refractivity contribution in [1.82, 2.24) is 4.57 Å². The van der Waals surface area contributed by atoms with Crippen LogP contribution in [0.5, 0.6) is 0 Å². The molecule has 0 unspecified atom stereocenters. The third kappa shape index (κ3) is 2.02. The number of hydrogen-bond acceptors (Lipinski definition) is 0. The Labute approximate surface area is 182 Å². The van der Waals surface area contributed by atoms with Crippen molar-refractivity contribution < 1.29 is 0 Å². The van der Waals surface area contributed by atoms with Crippen LogP contribution in [0.4, 0.5) is 0 Å². The van der Waals surface area contributed by atoms with Crippen LogP contribution >= 0.6 is 15.9 Å². The fourth-order valence-corrected chi connectivity index (χ4v) is 5.57. The molecule has 0 fully saturated rings.